The molecule has 1 aliphatic carbocycles. The van der Waals surface area contributed by atoms with Crippen LogP contribution in [0.25, 0.3) is 0 Å². The molecule has 2 unspecified atom stereocenters. The number of carbonyl (C=O) groups is 1. The van der Waals surface area contributed by atoms with Gasteiger partial charge in [-0.25, -0.2) is 0 Å². The minimum Gasteiger partial charge on any atom is -0.372 e. The van der Waals surface area contributed by atoms with Gasteiger partial charge in [0.25, 0.3) is 0 Å². The number of nitrogens with two attached hydrogens (primary N) is 1. The first-order valence-corrected chi connectivity index (χ1v) is 6.25. The van der Waals surface area contributed by atoms with E-state index in [1.54, 1.807) is 4.90 Å². The average Bonchev–Trinajstić information content (AvgIpc) is 2.29. The van der Waals surface area contributed by atoms with Crippen LogP contribution >= 0.6 is 0 Å². The summed E-state index contributed by atoms with van der Waals surface area (Å²) in [6, 6.07) is 0.334. The molecule has 0 aromatic rings. The van der Waals surface area contributed by atoms with Gasteiger partial charge in [-0.3, -0.25) is 4.79 Å². The average molecular weight is 228 g/mol. The van der Waals surface area contributed by atoms with Crippen molar-refractivity contribution in [2.45, 2.75) is 51.1 Å². The Morgan fingerprint density at radius 1 is 1.44 bits per heavy atom. The molecule has 0 aliphatic heterocycles. The van der Waals surface area contributed by atoms with Crippen molar-refractivity contribution in [3.63, 3.8) is 0 Å². The molecule has 0 aromatic carbocycles. The third-order valence-electron chi connectivity index (χ3n) is 3.25. The zero-order chi connectivity index (χ0) is 12.0. The largest absolute Gasteiger partial charge is 0.372 e. The molecule has 94 valence electrons. The summed E-state index contributed by atoms with van der Waals surface area (Å²) in [5.41, 5.74) is 6.04. The van der Waals surface area contributed by atoms with Gasteiger partial charge < -0.3 is 15.4 Å². The number of rotatable bonds is 5. The number of likely N-dealkylation sites (N-methyl/N-ethyl adjacent to an activating group) is 1. The van der Waals surface area contributed by atoms with Crippen molar-refractivity contribution < 1.29 is 9.53 Å². The highest BCUT2D eigenvalue weighted by Crippen LogP contribution is 2.21. The van der Waals surface area contributed by atoms with E-state index >= 15 is 0 Å². The van der Waals surface area contributed by atoms with Gasteiger partial charge in [0.05, 0.1) is 0 Å². The first-order chi connectivity index (χ1) is 7.66. The van der Waals surface area contributed by atoms with Crippen molar-refractivity contribution in [3.8, 4) is 0 Å². The van der Waals surface area contributed by atoms with Gasteiger partial charge in [-0.05, 0) is 19.3 Å². The smallest absolute Gasteiger partial charge is 0.248 e. The highest BCUT2D eigenvalue weighted by Gasteiger charge is 2.27. The van der Waals surface area contributed by atoms with Crippen LogP contribution in [0, 0.1) is 0 Å². The Bertz CT molecular complexity index is 221. The topological polar surface area (TPSA) is 55.6 Å². The van der Waals surface area contributed by atoms with E-state index < -0.39 is 0 Å². The first-order valence-electron chi connectivity index (χ1n) is 6.25. The van der Waals surface area contributed by atoms with Crippen LogP contribution in [0.5, 0.6) is 0 Å². The fourth-order valence-corrected chi connectivity index (χ4v) is 2.21. The number of hydrogen-bond acceptors (Lipinski definition) is 3. The predicted octanol–water partition coefficient (Wildman–Crippen LogP) is 1.14. The second-order valence-corrected chi connectivity index (χ2v) is 4.57. The lowest BCUT2D eigenvalue weighted by atomic mass is 9.90. The second-order valence-electron chi connectivity index (χ2n) is 4.57. The SMILES string of the molecule is CCCOCC(=O)N(C)C1CCCCC1N. The van der Waals surface area contributed by atoms with Crippen LogP contribution in [0.4, 0.5) is 0 Å². The van der Waals surface area contributed by atoms with Crippen LogP contribution in [0.1, 0.15) is 39.0 Å². The minimum atomic E-state index is 0.0517. The summed E-state index contributed by atoms with van der Waals surface area (Å²) in [7, 11) is 1.84. The van der Waals surface area contributed by atoms with E-state index in [-0.39, 0.29) is 24.6 Å². The van der Waals surface area contributed by atoms with E-state index in [0.29, 0.717) is 6.61 Å². The fourth-order valence-electron chi connectivity index (χ4n) is 2.21. The predicted molar refractivity (Wildman–Crippen MR) is 64.1 cm³/mol. The Morgan fingerprint density at radius 3 is 2.75 bits per heavy atom. The van der Waals surface area contributed by atoms with Crippen LogP contribution in [0.3, 0.4) is 0 Å². The zero-order valence-electron chi connectivity index (χ0n) is 10.4. The first kappa shape index (κ1) is 13.5. The maximum absolute atomic E-state index is 11.8. The van der Waals surface area contributed by atoms with Crippen molar-refractivity contribution in [3.05, 3.63) is 0 Å². The third-order valence-corrected chi connectivity index (χ3v) is 3.25. The molecular weight excluding hydrogens is 204 g/mol. The van der Waals surface area contributed by atoms with Gasteiger partial charge in [0, 0.05) is 25.7 Å². The molecule has 1 amide bonds. The fraction of sp³-hybridized carbons (Fsp3) is 0.917. The molecule has 1 rings (SSSR count). The monoisotopic (exact) mass is 228 g/mol. The Morgan fingerprint density at radius 2 is 2.12 bits per heavy atom. The van der Waals surface area contributed by atoms with Crippen LogP contribution < -0.4 is 5.73 Å². The maximum Gasteiger partial charge on any atom is 0.248 e. The normalized spacial score (nSPS) is 25.4. The molecule has 1 fully saturated rings. The molecule has 0 radical (unpaired) electrons. The summed E-state index contributed by atoms with van der Waals surface area (Å²) in [6.07, 6.45) is 5.35. The van der Waals surface area contributed by atoms with Crippen molar-refractivity contribution in [2.24, 2.45) is 5.73 Å². The van der Waals surface area contributed by atoms with Crippen molar-refractivity contribution in [1.29, 1.82) is 0 Å². The molecule has 0 heterocycles. The van der Waals surface area contributed by atoms with Gasteiger partial charge in [-0.1, -0.05) is 19.8 Å². The Balaban J connectivity index is 2.36. The quantitative estimate of drug-likeness (QED) is 0.718. The maximum atomic E-state index is 11.8. The Kier molecular flexibility index (Phi) is 5.77. The number of carbonyl (C=O) groups excluding carboxylic acids is 1. The standard InChI is InChI=1S/C12H24N2O2/c1-3-8-16-9-12(15)14(2)11-7-5-4-6-10(11)13/h10-11H,3-9,13H2,1-2H3. The number of amides is 1. The van der Waals surface area contributed by atoms with Crippen molar-refractivity contribution in [1.82, 2.24) is 4.90 Å². The number of ether oxygens (including phenoxy) is 1. The summed E-state index contributed by atoms with van der Waals surface area (Å²) < 4.78 is 5.26. The summed E-state index contributed by atoms with van der Waals surface area (Å²) in [6.45, 7) is 2.87. The van der Waals surface area contributed by atoms with Crippen molar-refractivity contribution >= 4 is 5.91 Å². The molecule has 2 N–H and O–H groups in total. The van der Waals surface area contributed by atoms with Gasteiger partial charge in [0.1, 0.15) is 6.61 Å². The molecule has 4 nitrogen and oxygen atoms in total. The molecule has 1 aliphatic rings. The van der Waals surface area contributed by atoms with E-state index in [2.05, 4.69) is 0 Å². The van der Waals surface area contributed by atoms with Crippen LogP contribution in [-0.2, 0) is 9.53 Å². The van der Waals surface area contributed by atoms with Gasteiger partial charge in [0.15, 0.2) is 0 Å². The summed E-state index contributed by atoms with van der Waals surface area (Å²) in [5.74, 6) is 0.0517. The van der Waals surface area contributed by atoms with Gasteiger partial charge >= 0.3 is 0 Å². The molecule has 0 bridgehead atoms. The van der Waals surface area contributed by atoms with Crippen molar-refractivity contribution in [2.75, 3.05) is 20.3 Å². The summed E-state index contributed by atoms with van der Waals surface area (Å²) >= 11 is 0. The highest BCUT2D eigenvalue weighted by molar-refractivity contribution is 5.77. The molecule has 16 heavy (non-hydrogen) atoms. The zero-order valence-corrected chi connectivity index (χ0v) is 10.4. The summed E-state index contributed by atoms with van der Waals surface area (Å²) in [5, 5.41) is 0. The van der Waals surface area contributed by atoms with Crippen LogP contribution in [-0.4, -0.2) is 43.2 Å². The third kappa shape index (κ3) is 3.76. The lowest BCUT2D eigenvalue weighted by molar-refractivity contribution is -0.137. The number of hydrogen-bond donors (Lipinski definition) is 1. The minimum absolute atomic E-state index is 0.0517. The summed E-state index contributed by atoms with van der Waals surface area (Å²) in [4.78, 5) is 13.6. The van der Waals surface area contributed by atoms with E-state index in [4.69, 9.17) is 10.5 Å². The van der Waals surface area contributed by atoms with E-state index in [1.807, 2.05) is 14.0 Å². The molecule has 0 aromatic heterocycles. The lowest BCUT2D eigenvalue weighted by Gasteiger charge is -2.36. The van der Waals surface area contributed by atoms with Gasteiger partial charge in [-0.15, -0.1) is 0 Å². The molecule has 0 spiro atoms. The molecule has 1 saturated carbocycles. The second kappa shape index (κ2) is 6.86. The van der Waals surface area contributed by atoms with Gasteiger partial charge in [-0.2, -0.15) is 0 Å². The highest BCUT2D eigenvalue weighted by atomic mass is 16.5. The van der Waals surface area contributed by atoms with E-state index in [0.717, 1.165) is 19.3 Å². The molecule has 2 atom stereocenters. The van der Waals surface area contributed by atoms with E-state index in [1.165, 1.54) is 12.8 Å². The molecular formula is C12H24N2O2. The lowest BCUT2D eigenvalue weighted by Crippen LogP contribution is -2.51. The Hall–Kier alpha value is -0.610. The number of nitrogens with zero attached hydrogens (tertiary/aromatic N) is 1. The van der Waals surface area contributed by atoms with Gasteiger partial charge in [0.2, 0.25) is 5.91 Å². The van der Waals surface area contributed by atoms with Crippen LogP contribution in [0.2, 0.25) is 0 Å². The molecule has 0 saturated heterocycles. The Labute approximate surface area is 98.1 Å². The van der Waals surface area contributed by atoms with Crippen LogP contribution in [0.15, 0.2) is 0 Å². The van der Waals surface area contributed by atoms with E-state index in [9.17, 15) is 4.79 Å². The molecule has 4 heteroatoms.